The number of H-pyrrole nitrogens is 1. The van der Waals surface area contributed by atoms with E-state index in [-0.39, 0.29) is 18.4 Å². The lowest BCUT2D eigenvalue weighted by molar-refractivity contribution is -0.121. The Labute approximate surface area is 150 Å². The van der Waals surface area contributed by atoms with Crippen molar-refractivity contribution in [2.45, 2.75) is 6.42 Å². The Hall–Kier alpha value is -3.28. The third-order valence-electron chi connectivity index (χ3n) is 4.47. The first-order valence-corrected chi connectivity index (χ1v) is 8.60. The number of anilines is 1. The van der Waals surface area contributed by atoms with Crippen molar-refractivity contribution in [2.75, 3.05) is 24.6 Å². The second kappa shape index (κ2) is 6.92. The first kappa shape index (κ1) is 16.2. The molecule has 2 heterocycles. The average Bonchev–Trinajstić information content (AvgIpc) is 3.14. The Bertz CT molecular complexity index is 964. The molecule has 2 aromatic carbocycles. The van der Waals surface area contributed by atoms with Crippen LogP contribution in [0, 0.1) is 0 Å². The number of rotatable bonds is 5. The van der Waals surface area contributed by atoms with E-state index in [0.717, 1.165) is 22.3 Å². The van der Waals surface area contributed by atoms with Gasteiger partial charge in [-0.3, -0.25) is 9.59 Å². The van der Waals surface area contributed by atoms with E-state index in [9.17, 15) is 9.59 Å². The van der Waals surface area contributed by atoms with E-state index in [4.69, 9.17) is 4.74 Å². The summed E-state index contributed by atoms with van der Waals surface area (Å²) in [5, 5.41) is 3.99. The van der Waals surface area contributed by atoms with E-state index in [0.29, 0.717) is 25.1 Å². The van der Waals surface area contributed by atoms with Crippen LogP contribution in [0.2, 0.25) is 0 Å². The monoisotopic (exact) mass is 349 g/mol. The van der Waals surface area contributed by atoms with E-state index in [2.05, 4.69) is 10.3 Å². The minimum absolute atomic E-state index is 0.0551. The number of aromatic nitrogens is 1. The van der Waals surface area contributed by atoms with Crippen LogP contribution in [0.5, 0.6) is 5.75 Å². The lowest BCUT2D eigenvalue weighted by Crippen LogP contribution is -2.40. The molecule has 2 N–H and O–H groups in total. The number of nitrogens with zero attached hydrogens (tertiary/aromatic N) is 1. The largest absolute Gasteiger partial charge is 0.482 e. The van der Waals surface area contributed by atoms with Crippen molar-refractivity contribution < 1.29 is 14.3 Å². The Morgan fingerprint density at radius 1 is 1.19 bits per heavy atom. The van der Waals surface area contributed by atoms with E-state index in [1.54, 1.807) is 4.90 Å². The fourth-order valence-corrected chi connectivity index (χ4v) is 3.13. The molecule has 6 heteroatoms. The summed E-state index contributed by atoms with van der Waals surface area (Å²) in [6.07, 6.45) is 2.51. The highest BCUT2D eigenvalue weighted by Crippen LogP contribution is 2.31. The summed E-state index contributed by atoms with van der Waals surface area (Å²) in [6, 6.07) is 15.0. The molecule has 0 fully saturated rings. The van der Waals surface area contributed by atoms with Crippen LogP contribution in [0.15, 0.2) is 54.7 Å². The van der Waals surface area contributed by atoms with Gasteiger partial charge in [0.15, 0.2) is 6.61 Å². The molecule has 132 valence electrons. The molecule has 1 aliphatic heterocycles. The maximum absolute atomic E-state index is 12.3. The first-order chi connectivity index (χ1) is 12.7. The number of para-hydroxylation sites is 2. The molecule has 0 bridgehead atoms. The molecule has 4 rings (SSSR count). The molecule has 0 radical (unpaired) electrons. The van der Waals surface area contributed by atoms with E-state index < -0.39 is 0 Å². The highest BCUT2D eigenvalue weighted by Gasteiger charge is 2.24. The Morgan fingerprint density at radius 2 is 2.08 bits per heavy atom. The topological polar surface area (TPSA) is 74.4 Å². The summed E-state index contributed by atoms with van der Waals surface area (Å²) in [4.78, 5) is 29.2. The van der Waals surface area contributed by atoms with Crippen LogP contribution in [0.3, 0.4) is 0 Å². The number of benzene rings is 2. The second-order valence-electron chi connectivity index (χ2n) is 6.19. The molecule has 0 saturated heterocycles. The number of ether oxygens (including phenoxy) is 1. The lowest BCUT2D eigenvalue weighted by Gasteiger charge is -2.29. The number of nitrogens with one attached hydrogen (secondary N) is 2. The van der Waals surface area contributed by atoms with Crippen LogP contribution < -0.4 is 15.0 Å². The standard InChI is InChI=1S/C20H19N3O3/c24-19-13-26-18-5-2-1-4-17(18)23(19)11-3-9-22-20(25)15-7-6-14-8-10-21-16(14)12-15/h1-2,4-8,10,12,21H,3,9,11,13H2,(H,22,25). The van der Waals surface area contributed by atoms with Crippen LogP contribution in [0.25, 0.3) is 10.9 Å². The predicted octanol–water partition coefficient (Wildman–Crippen LogP) is 2.71. The number of carbonyl (C=O) groups is 2. The van der Waals surface area contributed by atoms with E-state index >= 15 is 0 Å². The van der Waals surface area contributed by atoms with Gasteiger partial charge in [0.1, 0.15) is 5.75 Å². The quantitative estimate of drug-likeness (QED) is 0.696. The number of aromatic amines is 1. The van der Waals surface area contributed by atoms with Gasteiger partial charge in [-0.1, -0.05) is 18.2 Å². The molecular formula is C20H19N3O3. The highest BCUT2D eigenvalue weighted by molar-refractivity contribution is 5.98. The van der Waals surface area contributed by atoms with Gasteiger partial charge < -0.3 is 19.9 Å². The van der Waals surface area contributed by atoms with Crippen molar-refractivity contribution in [1.82, 2.24) is 10.3 Å². The number of fused-ring (bicyclic) bond motifs is 2. The van der Waals surface area contributed by atoms with Gasteiger partial charge in [-0.2, -0.15) is 0 Å². The molecule has 1 aromatic heterocycles. The summed E-state index contributed by atoms with van der Waals surface area (Å²) in [5.41, 5.74) is 2.34. The molecule has 6 nitrogen and oxygen atoms in total. The smallest absolute Gasteiger partial charge is 0.265 e. The van der Waals surface area contributed by atoms with Gasteiger partial charge in [-0.25, -0.2) is 0 Å². The minimum Gasteiger partial charge on any atom is -0.482 e. The van der Waals surface area contributed by atoms with Gasteiger partial charge in [-0.15, -0.1) is 0 Å². The van der Waals surface area contributed by atoms with Gasteiger partial charge in [0.2, 0.25) is 0 Å². The maximum Gasteiger partial charge on any atom is 0.265 e. The zero-order valence-electron chi connectivity index (χ0n) is 14.2. The van der Waals surface area contributed by atoms with Gasteiger partial charge in [-0.05, 0) is 42.1 Å². The van der Waals surface area contributed by atoms with Crippen molar-refractivity contribution >= 4 is 28.4 Å². The Balaban J connectivity index is 1.33. The average molecular weight is 349 g/mol. The van der Waals surface area contributed by atoms with Crippen LogP contribution in [0.1, 0.15) is 16.8 Å². The fraction of sp³-hybridized carbons (Fsp3) is 0.200. The fourth-order valence-electron chi connectivity index (χ4n) is 3.13. The molecule has 26 heavy (non-hydrogen) atoms. The zero-order valence-corrected chi connectivity index (χ0v) is 14.2. The number of hydrogen-bond acceptors (Lipinski definition) is 3. The molecule has 0 unspecified atom stereocenters. The van der Waals surface area contributed by atoms with Crippen LogP contribution in [-0.2, 0) is 4.79 Å². The molecule has 0 spiro atoms. The molecule has 3 aromatic rings. The predicted molar refractivity (Wildman–Crippen MR) is 99.5 cm³/mol. The van der Waals surface area contributed by atoms with Gasteiger partial charge in [0.25, 0.3) is 11.8 Å². The third-order valence-corrected chi connectivity index (χ3v) is 4.47. The Kier molecular flexibility index (Phi) is 4.31. The van der Waals surface area contributed by atoms with Crippen molar-refractivity contribution in [2.24, 2.45) is 0 Å². The first-order valence-electron chi connectivity index (χ1n) is 8.60. The summed E-state index contributed by atoms with van der Waals surface area (Å²) in [5.74, 6) is 0.540. The van der Waals surface area contributed by atoms with Crippen LogP contribution in [-0.4, -0.2) is 36.5 Å². The minimum atomic E-state index is -0.116. The summed E-state index contributed by atoms with van der Waals surface area (Å²) in [7, 11) is 0. The van der Waals surface area contributed by atoms with Gasteiger partial charge in [0, 0.05) is 30.4 Å². The second-order valence-corrected chi connectivity index (χ2v) is 6.19. The van der Waals surface area contributed by atoms with Crippen molar-refractivity contribution in [3.8, 4) is 5.75 Å². The number of hydrogen-bond donors (Lipinski definition) is 2. The summed E-state index contributed by atoms with van der Waals surface area (Å²) in [6.45, 7) is 1.09. The van der Waals surface area contributed by atoms with Gasteiger partial charge in [0.05, 0.1) is 5.69 Å². The van der Waals surface area contributed by atoms with Crippen molar-refractivity contribution in [3.05, 3.63) is 60.3 Å². The normalized spacial score (nSPS) is 13.4. The molecule has 0 saturated carbocycles. The molecular weight excluding hydrogens is 330 g/mol. The number of amides is 2. The molecule has 0 aliphatic carbocycles. The SMILES string of the molecule is O=C(NCCCN1C(=O)COc2ccccc21)c1ccc2cc[nH]c2c1. The van der Waals surface area contributed by atoms with Gasteiger partial charge >= 0.3 is 0 Å². The highest BCUT2D eigenvalue weighted by atomic mass is 16.5. The summed E-state index contributed by atoms with van der Waals surface area (Å²) < 4.78 is 5.43. The van der Waals surface area contributed by atoms with Crippen molar-refractivity contribution in [3.63, 3.8) is 0 Å². The third kappa shape index (κ3) is 3.13. The molecule has 1 aliphatic rings. The zero-order chi connectivity index (χ0) is 17.9. The maximum atomic E-state index is 12.3. The van der Waals surface area contributed by atoms with Crippen molar-refractivity contribution in [1.29, 1.82) is 0 Å². The van der Waals surface area contributed by atoms with E-state index in [1.807, 2.05) is 54.7 Å². The van der Waals surface area contributed by atoms with Crippen LogP contribution >= 0.6 is 0 Å². The molecule has 0 atom stereocenters. The number of carbonyl (C=O) groups excluding carboxylic acids is 2. The molecule has 2 amide bonds. The Morgan fingerprint density at radius 3 is 3.00 bits per heavy atom. The summed E-state index contributed by atoms with van der Waals surface area (Å²) >= 11 is 0. The van der Waals surface area contributed by atoms with E-state index in [1.165, 1.54) is 0 Å². The van der Waals surface area contributed by atoms with Crippen LogP contribution in [0.4, 0.5) is 5.69 Å². The lowest BCUT2D eigenvalue weighted by atomic mass is 10.1.